The molecule has 0 amide bonds. The number of ether oxygens (including phenoxy) is 1. The first-order chi connectivity index (χ1) is 14.2. The number of benzene rings is 2. The van der Waals surface area contributed by atoms with Gasteiger partial charge in [0.25, 0.3) is 10.0 Å². The van der Waals surface area contributed by atoms with Gasteiger partial charge in [-0.05, 0) is 24.3 Å². The van der Waals surface area contributed by atoms with Crippen LogP contribution in [0.2, 0.25) is 5.02 Å². The van der Waals surface area contributed by atoms with E-state index in [2.05, 4.69) is 4.98 Å². The van der Waals surface area contributed by atoms with Crippen LogP contribution in [0.3, 0.4) is 0 Å². The van der Waals surface area contributed by atoms with Crippen molar-refractivity contribution in [2.45, 2.75) is 17.8 Å². The third kappa shape index (κ3) is 3.58. The fraction of sp³-hybridized carbons (Fsp3) is 0.105. The van der Waals surface area contributed by atoms with Gasteiger partial charge in [0.1, 0.15) is 16.5 Å². The van der Waals surface area contributed by atoms with Crippen molar-refractivity contribution < 1.29 is 32.1 Å². The molecule has 0 radical (unpaired) electrons. The van der Waals surface area contributed by atoms with Crippen LogP contribution in [-0.4, -0.2) is 23.6 Å². The molecule has 7 nitrogen and oxygen atoms in total. The number of aromatic nitrogens is 1. The van der Waals surface area contributed by atoms with Gasteiger partial charge in [-0.1, -0.05) is 17.7 Å². The summed E-state index contributed by atoms with van der Waals surface area (Å²) in [5, 5.41) is 20.1. The Balaban J connectivity index is 2.00. The van der Waals surface area contributed by atoms with E-state index in [1.807, 2.05) is 4.72 Å². The van der Waals surface area contributed by atoms with Gasteiger partial charge in [0.2, 0.25) is 0 Å². The van der Waals surface area contributed by atoms with Crippen LogP contribution in [0, 0.1) is 11.6 Å². The SMILES string of the molecule is O=S1(=O)Nc2cc(c(F)cc2F)-c2cccnc2COC(O)c2cc(Cl)c(O)c1c2. The first-order valence-corrected chi connectivity index (χ1v) is 10.3. The van der Waals surface area contributed by atoms with Crippen molar-refractivity contribution >= 4 is 27.3 Å². The molecule has 0 saturated carbocycles. The van der Waals surface area contributed by atoms with Crippen molar-refractivity contribution in [2.24, 2.45) is 0 Å². The molecule has 0 saturated heterocycles. The Labute approximate surface area is 174 Å². The fourth-order valence-electron chi connectivity index (χ4n) is 3.03. The largest absolute Gasteiger partial charge is 0.505 e. The Bertz CT molecular complexity index is 1270. The molecule has 1 aromatic heterocycles. The maximum absolute atomic E-state index is 14.5. The van der Waals surface area contributed by atoms with E-state index in [0.717, 1.165) is 18.2 Å². The Morgan fingerprint density at radius 2 is 1.93 bits per heavy atom. The second-order valence-electron chi connectivity index (χ2n) is 6.43. The summed E-state index contributed by atoms with van der Waals surface area (Å²) in [5.41, 5.74) is -0.325. The minimum absolute atomic E-state index is 0.0757. The number of aromatic hydroxyl groups is 1. The van der Waals surface area contributed by atoms with E-state index in [-0.39, 0.29) is 34.0 Å². The number of aliphatic hydroxyl groups excluding tert-OH is 1. The lowest BCUT2D eigenvalue weighted by atomic mass is 10.0. The van der Waals surface area contributed by atoms with Gasteiger partial charge in [0.05, 0.1) is 23.0 Å². The number of nitrogens with zero attached hydrogens (tertiary/aromatic N) is 1. The summed E-state index contributed by atoms with van der Waals surface area (Å²) in [5.74, 6) is -2.92. The third-order valence-corrected chi connectivity index (χ3v) is 6.15. The van der Waals surface area contributed by atoms with E-state index in [9.17, 15) is 27.4 Å². The molecule has 2 heterocycles. The number of rotatable bonds is 0. The van der Waals surface area contributed by atoms with Crippen LogP contribution < -0.4 is 4.72 Å². The summed E-state index contributed by atoms with van der Waals surface area (Å²) in [7, 11) is -4.58. The van der Waals surface area contributed by atoms with E-state index in [1.165, 1.54) is 18.3 Å². The van der Waals surface area contributed by atoms with Gasteiger partial charge in [-0.2, -0.15) is 0 Å². The van der Waals surface area contributed by atoms with Crippen LogP contribution in [0.4, 0.5) is 14.5 Å². The first kappa shape index (κ1) is 20.5. The third-order valence-electron chi connectivity index (χ3n) is 4.48. The zero-order chi connectivity index (χ0) is 21.6. The number of hydrogen-bond donors (Lipinski definition) is 3. The topological polar surface area (TPSA) is 109 Å². The number of hydrogen-bond acceptors (Lipinski definition) is 6. The fourth-order valence-corrected chi connectivity index (χ4v) is 4.52. The molecule has 3 aromatic rings. The quantitative estimate of drug-likeness (QED) is 0.478. The molecular weight excluding hydrogens is 442 g/mol. The van der Waals surface area contributed by atoms with Crippen molar-refractivity contribution in [3.8, 4) is 16.9 Å². The van der Waals surface area contributed by atoms with Gasteiger partial charge in [0.15, 0.2) is 12.0 Å². The van der Waals surface area contributed by atoms with Gasteiger partial charge in [-0.25, -0.2) is 17.2 Å². The molecular formula is C19H13ClF2N2O5S. The molecule has 11 heteroatoms. The second kappa shape index (κ2) is 7.47. The van der Waals surface area contributed by atoms with E-state index >= 15 is 0 Å². The molecule has 4 rings (SSSR count). The lowest BCUT2D eigenvalue weighted by Crippen LogP contribution is -2.15. The summed E-state index contributed by atoms with van der Waals surface area (Å²) in [4.78, 5) is 3.40. The van der Waals surface area contributed by atoms with E-state index in [4.69, 9.17) is 16.3 Å². The molecule has 1 aliphatic heterocycles. The Morgan fingerprint density at radius 3 is 2.70 bits per heavy atom. The minimum Gasteiger partial charge on any atom is -0.505 e. The number of halogens is 3. The van der Waals surface area contributed by atoms with Crippen LogP contribution in [0.15, 0.2) is 47.5 Å². The predicted molar refractivity (Wildman–Crippen MR) is 103 cm³/mol. The number of sulfonamides is 1. The zero-order valence-electron chi connectivity index (χ0n) is 14.9. The molecule has 1 atom stereocenters. The summed E-state index contributed by atoms with van der Waals surface area (Å²) in [6.07, 6.45) is -0.217. The second-order valence-corrected chi connectivity index (χ2v) is 8.49. The van der Waals surface area contributed by atoms with Crippen molar-refractivity contribution in [1.29, 1.82) is 0 Å². The van der Waals surface area contributed by atoms with E-state index in [1.54, 1.807) is 0 Å². The number of anilines is 1. The van der Waals surface area contributed by atoms with Gasteiger partial charge < -0.3 is 14.9 Å². The molecule has 30 heavy (non-hydrogen) atoms. The zero-order valence-corrected chi connectivity index (χ0v) is 16.5. The molecule has 3 N–H and O–H groups in total. The van der Waals surface area contributed by atoms with E-state index < -0.39 is 44.3 Å². The lowest BCUT2D eigenvalue weighted by molar-refractivity contribution is -0.112. The van der Waals surface area contributed by atoms with Crippen molar-refractivity contribution in [1.82, 2.24) is 4.98 Å². The van der Waals surface area contributed by atoms with Crippen LogP contribution >= 0.6 is 11.6 Å². The monoisotopic (exact) mass is 454 g/mol. The van der Waals surface area contributed by atoms with Crippen LogP contribution in [0.1, 0.15) is 17.5 Å². The maximum atomic E-state index is 14.5. The first-order valence-electron chi connectivity index (χ1n) is 8.45. The molecule has 0 spiro atoms. The molecule has 1 unspecified atom stereocenters. The van der Waals surface area contributed by atoms with Crippen LogP contribution in [-0.2, 0) is 21.4 Å². The molecule has 2 aromatic carbocycles. The Hall–Kier alpha value is -2.79. The van der Waals surface area contributed by atoms with E-state index in [0.29, 0.717) is 6.07 Å². The summed E-state index contributed by atoms with van der Waals surface area (Å²) in [6.45, 7) is -0.280. The van der Waals surface area contributed by atoms with Crippen molar-refractivity contribution in [3.63, 3.8) is 0 Å². The lowest BCUT2D eigenvalue weighted by Gasteiger charge is -2.16. The standard InChI is InChI=1S/C19H13ClF2N2O5S/c20-12-4-9-5-17(18(12)25)30(27,28)24-15-6-11(13(21)7-14(15)22)10-2-1-3-23-16(10)8-29-19(9)26/h1-7,19,24-26H,8H2. The highest BCUT2D eigenvalue weighted by Gasteiger charge is 2.27. The van der Waals surface area contributed by atoms with Crippen LogP contribution in [0.25, 0.3) is 11.1 Å². The summed E-state index contributed by atoms with van der Waals surface area (Å²) < 4.78 is 61.9. The molecule has 0 fully saturated rings. The number of nitrogens with one attached hydrogen (secondary N) is 1. The number of fused-ring (bicyclic) bond motifs is 6. The van der Waals surface area contributed by atoms with Gasteiger partial charge in [-0.3, -0.25) is 9.71 Å². The normalized spacial score (nSPS) is 17.7. The van der Waals surface area contributed by atoms with Gasteiger partial charge in [-0.15, -0.1) is 0 Å². The maximum Gasteiger partial charge on any atom is 0.265 e. The molecule has 4 bridgehead atoms. The van der Waals surface area contributed by atoms with Crippen LogP contribution in [0.5, 0.6) is 5.75 Å². The highest BCUT2D eigenvalue weighted by Crippen LogP contribution is 2.38. The Kier molecular flexibility index (Phi) is 5.10. The van der Waals surface area contributed by atoms with Gasteiger partial charge in [0, 0.05) is 29.0 Å². The minimum atomic E-state index is -4.58. The molecule has 156 valence electrons. The van der Waals surface area contributed by atoms with Gasteiger partial charge >= 0.3 is 0 Å². The molecule has 1 aliphatic rings. The van der Waals surface area contributed by atoms with Crippen molar-refractivity contribution in [2.75, 3.05) is 4.72 Å². The average Bonchev–Trinajstić information content (AvgIpc) is 2.70. The number of aliphatic hydroxyl groups is 1. The van der Waals surface area contributed by atoms with Crippen molar-refractivity contribution in [3.05, 3.63) is 70.5 Å². The highest BCUT2D eigenvalue weighted by atomic mass is 35.5. The summed E-state index contributed by atoms with van der Waals surface area (Å²) >= 11 is 5.90. The highest BCUT2D eigenvalue weighted by molar-refractivity contribution is 7.92. The number of phenols is 1. The summed E-state index contributed by atoms with van der Waals surface area (Å²) in [6, 6.07) is 6.58. The predicted octanol–water partition coefficient (Wildman–Crippen LogP) is 3.71. The average molecular weight is 455 g/mol. The number of phenolic OH excluding ortho intramolecular Hbond substituents is 1. The molecule has 0 aliphatic carbocycles. The smallest absolute Gasteiger partial charge is 0.265 e. The Morgan fingerprint density at radius 1 is 1.17 bits per heavy atom. The number of pyridine rings is 1.